The monoisotopic (exact) mass is 429 g/mol. The number of carbonyl (C=O) groups excluding carboxylic acids is 1. The molecule has 7 nitrogen and oxygen atoms in total. The van der Waals surface area contributed by atoms with Gasteiger partial charge in [0.2, 0.25) is 5.82 Å². The lowest BCUT2D eigenvalue weighted by Crippen LogP contribution is -2.29. The van der Waals surface area contributed by atoms with Gasteiger partial charge in [-0.05, 0) is 44.2 Å². The number of rotatable bonds is 5. The average molecular weight is 429 g/mol. The molecule has 7 heteroatoms. The second-order valence-electron chi connectivity index (χ2n) is 7.46. The Morgan fingerprint density at radius 1 is 0.875 bits per heavy atom. The summed E-state index contributed by atoms with van der Waals surface area (Å²) in [5, 5.41) is 3.15. The fourth-order valence-corrected chi connectivity index (χ4v) is 3.42. The predicted octanol–water partition coefficient (Wildman–Crippen LogP) is 4.27. The molecule has 0 aliphatic rings. The number of nitrogens with one attached hydrogen (secondary N) is 1. The van der Waals surface area contributed by atoms with E-state index in [4.69, 9.17) is 9.47 Å². The van der Waals surface area contributed by atoms with E-state index in [0.29, 0.717) is 33.8 Å². The van der Waals surface area contributed by atoms with E-state index in [1.807, 2.05) is 38.1 Å². The molecule has 3 aromatic carbocycles. The maximum Gasteiger partial charge on any atom is 0.292 e. The van der Waals surface area contributed by atoms with Crippen molar-refractivity contribution in [1.29, 1.82) is 0 Å². The molecule has 0 bridgehead atoms. The van der Waals surface area contributed by atoms with Crippen LogP contribution in [0.1, 0.15) is 21.7 Å². The number of ether oxygens (including phenoxy) is 2. The van der Waals surface area contributed by atoms with Crippen LogP contribution in [0.3, 0.4) is 0 Å². The van der Waals surface area contributed by atoms with Crippen LogP contribution in [0.5, 0.6) is 11.5 Å². The molecular formula is C25H23N3O4. The molecule has 0 unspecified atom stereocenters. The number of hydrogen-bond donors (Lipinski definition) is 1. The number of methoxy groups -OCH3 is 2. The van der Waals surface area contributed by atoms with E-state index in [1.165, 1.54) is 18.8 Å². The Morgan fingerprint density at radius 3 is 2.03 bits per heavy atom. The molecule has 0 aliphatic heterocycles. The molecule has 0 saturated heterocycles. The highest BCUT2D eigenvalue weighted by Crippen LogP contribution is 2.30. The van der Waals surface area contributed by atoms with Gasteiger partial charge in [-0.2, -0.15) is 0 Å². The van der Waals surface area contributed by atoms with Crippen molar-refractivity contribution >= 4 is 22.5 Å². The summed E-state index contributed by atoms with van der Waals surface area (Å²) < 4.78 is 12.0. The molecule has 4 rings (SSSR count). The van der Waals surface area contributed by atoms with Crippen LogP contribution in [0.4, 0.5) is 5.69 Å². The van der Waals surface area contributed by atoms with Gasteiger partial charge in [-0.1, -0.05) is 35.4 Å². The molecule has 0 fully saturated rings. The quantitative estimate of drug-likeness (QED) is 0.512. The van der Waals surface area contributed by atoms with E-state index in [2.05, 4.69) is 10.3 Å². The average Bonchev–Trinajstić information content (AvgIpc) is 2.80. The lowest BCUT2D eigenvalue weighted by molar-refractivity contribution is 0.101. The number of nitrogens with zero attached hydrogens (tertiary/aromatic N) is 2. The van der Waals surface area contributed by atoms with Crippen molar-refractivity contribution in [3.63, 3.8) is 0 Å². The molecule has 1 amide bonds. The SMILES string of the molecule is COc1cc2nc(C(=O)Nc3ccc(C)cc3)n(-c3ccc(C)cc3)c(=O)c2cc1OC. The van der Waals surface area contributed by atoms with Crippen LogP contribution >= 0.6 is 0 Å². The van der Waals surface area contributed by atoms with Crippen LogP contribution in [0, 0.1) is 13.8 Å². The lowest BCUT2D eigenvalue weighted by atomic mass is 10.2. The first kappa shape index (κ1) is 21.1. The number of fused-ring (bicyclic) bond motifs is 1. The molecule has 162 valence electrons. The molecule has 1 heterocycles. The summed E-state index contributed by atoms with van der Waals surface area (Å²) in [7, 11) is 3.00. The fraction of sp³-hybridized carbons (Fsp3) is 0.160. The van der Waals surface area contributed by atoms with Gasteiger partial charge in [0.05, 0.1) is 30.8 Å². The third-order valence-electron chi connectivity index (χ3n) is 5.18. The van der Waals surface area contributed by atoms with Crippen molar-refractivity contribution in [2.45, 2.75) is 13.8 Å². The number of hydrogen-bond acceptors (Lipinski definition) is 5. The van der Waals surface area contributed by atoms with E-state index >= 15 is 0 Å². The van der Waals surface area contributed by atoms with Crippen LogP contribution < -0.4 is 20.3 Å². The zero-order chi connectivity index (χ0) is 22.8. The zero-order valence-electron chi connectivity index (χ0n) is 18.3. The number of amides is 1. The standard InChI is InChI=1S/C25H23N3O4/c1-15-5-9-17(10-6-15)26-24(29)23-27-20-14-22(32-4)21(31-3)13-19(20)25(30)28(23)18-11-7-16(2)8-12-18/h5-14H,1-4H3,(H,26,29). The number of benzene rings is 3. The van der Waals surface area contributed by atoms with Gasteiger partial charge in [0, 0.05) is 11.8 Å². The van der Waals surface area contributed by atoms with Crippen molar-refractivity contribution in [3.8, 4) is 17.2 Å². The Morgan fingerprint density at radius 2 is 1.44 bits per heavy atom. The minimum absolute atomic E-state index is 0.0286. The third-order valence-corrected chi connectivity index (χ3v) is 5.18. The van der Waals surface area contributed by atoms with Gasteiger partial charge in [0.25, 0.3) is 11.5 Å². The Kier molecular flexibility index (Phi) is 5.64. The number of aryl methyl sites for hydroxylation is 2. The molecule has 1 aromatic heterocycles. The van der Waals surface area contributed by atoms with Gasteiger partial charge in [0.1, 0.15) is 0 Å². The second kappa shape index (κ2) is 8.55. The molecule has 1 N–H and O–H groups in total. The van der Waals surface area contributed by atoms with Crippen LogP contribution in [0.25, 0.3) is 16.6 Å². The highest BCUT2D eigenvalue weighted by atomic mass is 16.5. The van der Waals surface area contributed by atoms with Gasteiger partial charge in [0.15, 0.2) is 11.5 Å². The van der Waals surface area contributed by atoms with E-state index in [0.717, 1.165) is 11.1 Å². The Labute approximate surface area is 185 Å². The molecular weight excluding hydrogens is 406 g/mol. The molecule has 0 aliphatic carbocycles. The predicted molar refractivity (Wildman–Crippen MR) is 124 cm³/mol. The maximum absolute atomic E-state index is 13.6. The summed E-state index contributed by atoms with van der Waals surface area (Å²) in [5.74, 6) is 0.304. The first-order chi connectivity index (χ1) is 15.4. The Hall–Kier alpha value is -4.13. The Balaban J connectivity index is 1.94. The van der Waals surface area contributed by atoms with Crippen LogP contribution in [0.2, 0.25) is 0 Å². The summed E-state index contributed by atoms with van der Waals surface area (Å²) in [6.45, 7) is 3.92. The van der Waals surface area contributed by atoms with Crippen LogP contribution in [-0.2, 0) is 0 Å². The minimum atomic E-state index is -0.497. The van der Waals surface area contributed by atoms with Crippen LogP contribution in [0.15, 0.2) is 65.5 Å². The van der Waals surface area contributed by atoms with Gasteiger partial charge in [-0.3, -0.25) is 14.2 Å². The largest absolute Gasteiger partial charge is 0.493 e. The molecule has 4 aromatic rings. The summed E-state index contributed by atoms with van der Waals surface area (Å²) >= 11 is 0. The van der Waals surface area contributed by atoms with E-state index < -0.39 is 5.91 Å². The molecule has 0 radical (unpaired) electrons. The van der Waals surface area contributed by atoms with Crippen molar-refractivity contribution in [2.24, 2.45) is 0 Å². The first-order valence-electron chi connectivity index (χ1n) is 10.0. The topological polar surface area (TPSA) is 82.5 Å². The normalized spacial score (nSPS) is 10.8. The van der Waals surface area contributed by atoms with Crippen molar-refractivity contribution in [3.05, 3.63) is 88.0 Å². The number of aromatic nitrogens is 2. The zero-order valence-corrected chi connectivity index (χ0v) is 18.3. The highest BCUT2D eigenvalue weighted by molar-refractivity contribution is 6.03. The van der Waals surface area contributed by atoms with Crippen molar-refractivity contribution < 1.29 is 14.3 Å². The summed E-state index contributed by atoms with van der Waals surface area (Å²) in [6.07, 6.45) is 0. The molecule has 32 heavy (non-hydrogen) atoms. The van der Waals surface area contributed by atoms with Crippen LogP contribution in [-0.4, -0.2) is 29.7 Å². The van der Waals surface area contributed by atoms with E-state index in [9.17, 15) is 9.59 Å². The smallest absolute Gasteiger partial charge is 0.292 e. The molecule has 0 spiro atoms. The number of anilines is 1. The van der Waals surface area contributed by atoms with Gasteiger partial charge < -0.3 is 14.8 Å². The van der Waals surface area contributed by atoms with Gasteiger partial charge in [-0.15, -0.1) is 0 Å². The summed E-state index contributed by atoms with van der Waals surface area (Å²) in [5.41, 5.74) is 3.22. The van der Waals surface area contributed by atoms with Crippen molar-refractivity contribution in [1.82, 2.24) is 9.55 Å². The van der Waals surface area contributed by atoms with Gasteiger partial charge >= 0.3 is 0 Å². The molecule has 0 atom stereocenters. The van der Waals surface area contributed by atoms with E-state index in [-0.39, 0.29) is 11.4 Å². The fourth-order valence-electron chi connectivity index (χ4n) is 3.42. The van der Waals surface area contributed by atoms with E-state index in [1.54, 1.807) is 36.4 Å². The lowest BCUT2D eigenvalue weighted by Gasteiger charge is -2.15. The molecule has 0 saturated carbocycles. The highest BCUT2D eigenvalue weighted by Gasteiger charge is 2.21. The Bertz CT molecular complexity index is 1360. The van der Waals surface area contributed by atoms with Gasteiger partial charge in [-0.25, -0.2) is 4.98 Å². The minimum Gasteiger partial charge on any atom is -0.493 e. The second-order valence-corrected chi connectivity index (χ2v) is 7.46. The number of carbonyl (C=O) groups is 1. The maximum atomic E-state index is 13.6. The first-order valence-corrected chi connectivity index (χ1v) is 10.0. The summed E-state index contributed by atoms with van der Waals surface area (Å²) in [4.78, 5) is 31.3. The summed E-state index contributed by atoms with van der Waals surface area (Å²) in [6, 6.07) is 17.9. The third kappa shape index (κ3) is 3.92. The van der Waals surface area contributed by atoms with Crippen molar-refractivity contribution in [2.75, 3.05) is 19.5 Å².